The lowest BCUT2D eigenvalue weighted by Gasteiger charge is -2.44. The molecule has 2 aliphatic rings. The first kappa shape index (κ1) is 18.6. The van der Waals surface area contributed by atoms with Crippen molar-refractivity contribution in [3.05, 3.63) is 29.3 Å². The first-order chi connectivity index (χ1) is 11.8. The van der Waals surface area contributed by atoms with Gasteiger partial charge in [-0.3, -0.25) is 0 Å². The Kier molecular flexibility index (Phi) is 5.36. The fraction of sp³-hybridized carbons (Fsp3) is 0.533. The maximum atomic E-state index is 14.3. The fourth-order valence-corrected chi connectivity index (χ4v) is 4.57. The lowest BCUT2D eigenvalue weighted by atomic mass is 9.81. The number of halogens is 3. The third kappa shape index (κ3) is 3.98. The van der Waals surface area contributed by atoms with Crippen molar-refractivity contribution in [3.8, 4) is 5.75 Å². The number of benzene rings is 1. The summed E-state index contributed by atoms with van der Waals surface area (Å²) in [6.07, 6.45) is -0.829. The number of rotatable bonds is 2. The van der Waals surface area contributed by atoms with Crippen molar-refractivity contribution in [2.24, 2.45) is 0 Å². The molecule has 25 heavy (non-hydrogen) atoms. The van der Waals surface area contributed by atoms with Crippen LogP contribution in [0, 0.1) is 0 Å². The number of ether oxygens (including phenoxy) is 1. The van der Waals surface area contributed by atoms with Gasteiger partial charge >= 0.3 is 6.09 Å². The Morgan fingerprint density at radius 3 is 2.64 bits per heavy atom. The molecule has 0 spiro atoms. The molecular formula is C15H16BClF2N2O3S. The van der Waals surface area contributed by atoms with E-state index in [9.17, 15) is 17.8 Å². The largest absolute Gasteiger partial charge is 0.415 e. The number of carbonyl (C=O) groups excluding carboxylic acids is 1. The monoisotopic (exact) mass is 388 g/mol. The van der Waals surface area contributed by atoms with E-state index in [1.54, 1.807) is 0 Å². The first-order valence-corrected chi connectivity index (χ1v) is 9.46. The van der Waals surface area contributed by atoms with Crippen LogP contribution in [0.1, 0.15) is 12.8 Å². The molecule has 1 aromatic rings. The molecule has 1 amide bonds. The summed E-state index contributed by atoms with van der Waals surface area (Å²) < 4.78 is 47.3. The van der Waals surface area contributed by atoms with Gasteiger partial charge in [-0.2, -0.15) is 0 Å². The number of alkyl halides is 2. The van der Waals surface area contributed by atoms with Crippen LogP contribution < -0.4 is 4.74 Å². The average Bonchev–Trinajstić information content (AvgIpc) is 2.98. The molecule has 2 saturated heterocycles. The van der Waals surface area contributed by atoms with Gasteiger partial charge in [-0.05, 0) is 30.7 Å². The van der Waals surface area contributed by atoms with Gasteiger partial charge in [0.25, 0.3) is 5.92 Å². The van der Waals surface area contributed by atoms with Crippen LogP contribution in [-0.4, -0.2) is 64.1 Å². The molecule has 10 heteroatoms. The molecule has 1 aromatic carbocycles. The van der Waals surface area contributed by atoms with Crippen molar-refractivity contribution in [2.75, 3.05) is 18.8 Å². The lowest BCUT2D eigenvalue weighted by Crippen LogP contribution is -2.62. The van der Waals surface area contributed by atoms with Gasteiger partial charge in [0.2, 0.25) is 0 Å². The number of nitrogens with zero attached hydrogens (tertiary/aromatic N) is 2. The van der Waals surface area contributed by atoms with E-state index in [0.717, 1.165) is 4.90 Å². The van der Waals surface area contributed by atoms with Gasteiger partial charge in [0.05, 0.1) is 16.9 Å². The van der Waals surface area contributed by atoms with E-state index in [0.29, 0.717) is 23.7 Å². The van der Waals surface area contributed by atoms with Crippen LogP contribution in [0.5, 0.6) is 5.75 Å². The van der Waals surface area contributed by atoms with E-state index < -0.39 is 41.4 Å². The second-order valence-corrected chi connectivity index (χ2v) is 8.01. The van der Waals surface area contributed by atoms with Crippen molar-refractivity contribution in [3.63, 3.8) is 0 Å². The molecule has 134 valence electrons. The molecule has 3 atom stereocenters. The summed E-state index contributed by atoms with van der Waals surface area (Å²) in [4.78, 5) is 13.2. The summed E-state index contributed by atoms with van der Waals surface area (Å²) in [7, 11) is 4.28. The van der Waals surface area contributed by atoms with E-state index >= 15 is 0 Å². The normalized spacial score (nSPS) is 29.6. The van der Waals surface area contributed by atoms with Crippen LogP contribution in [-0.2, 0) is 11.0 Å². The highest BCUT2D eigenvalue weighted by Gasteiger charge is 2.51. The minimum Gasteiger partial charge on any atom is -0.410 e. The number of amides is 1. The smallest absolute Gasteiger partial charge is 0.410 e. The Hall–Kier alpha value is -1.19. The molecule has 1 unspecified atom stereocenters. The second-order valence-electron chi connectivity index (χ2n) is 6.06. The number of hydrogen-bond acceptors (Lipinski definition) is 3. The maximum absolute atomic E-state index is 14.3. The number of hydrogen-bond donors (Lipinski definition) is 0. The molecule has 2 fully saturated rings. The summed E-state index contributed by atoms with van der Waals surface area (Å²) in [6.45, 7) is 0.400. The van der Waals surface area contributed by atoms with Gasteiger partial charge in [0, 0.05) is 36.3 Å². The number of carbonyl (C=O) groups is 1. The highest BCUT2D eigenvalue weighted by molar-refractivity contribution is 7.82. The van der Waals surface area contributed by atoms with Crippen LogP contribution in [0.4, 0.5) is 13.6 Å². The quantitative estimate of drug-likeness (QED) is 0.731. The van der Waals surface area contributed by atoms with Gasteiger partial charge in [-0.25, -0.2) is 22.1 Å². The van der Waals surface area contributed by atoms with Crippen LogP contribution in [0.15, 0.2) is 24.3 Å². The predicted octanol–water partition coefficient (Wildman–Crippen LogP) is 2.41. The summed E-state index contributed by atoms with van der Waals surface area (Å²) in [5.41, 5.74) is 0. The highest BCUT2D eigenvalue weighted by Crippen LogP contribution is 2.35. The van der Waals surface area contributed by atoms with Crippen LogP contribution in [0.2, 0.25) is 5.02 Å². The Morgan fingerprint density at radius 1 is 1.36 bits per heavy atom. The maximum Gasteiger partial charge on any atom is 0.415 e. The molecule has 0 N–H and O–H groups in total. The van der Waals surface area contributed by atoms with Crippen LogP contribution in [0.25, 0.3) is 0 Å². The molecule has 3 rings (SSSR count). The third-order valence-corrected chi connectivity index (χ3v) is 6.20. The van der Waals surface area contributed by atoms with Crippen molar-refractivity contribution >= 4 is 36.5 Å². The fourth-order valence-electron chi connectivity index (χ4n) is 3.02. The van der Waals surface area contributed by atoms with Gasteiger partial charge in [-0.1, -0.05) is 11.6 Å². The number of piperidine rings is 1. The Bertz CT molecular complexity index is 679. The van der Waals surface area contributed by atoms with Gasteiger partial charge in [0.15, 0.2) is 0 Å². The second kappa shape index (κ2) is 7.21. The van der Waals surface area contributed by atoms with Crippen molar-refractivity contribution in [2.45, 2.75) is 30.7 Å². The van der Waals surface area contributed by atoms with E-state index in [2.05, 4.69) is 0 Å². The molecule has 2 radical (unpaired) electrons. The molecule has 2 aliphatic heterocycles. The van der Waals surface area contributed by atoms with Crippen molar-refractivity contribution in [1.82, 2.24) is 9.21 Å². The topological polar surface area (TPSA) is 49.9 Å². The molecule has 0 aromatic heterocycles. The number of likely N-dealkylation sites (tertiary alicyclic amines) is 1. The Morgan fingerprint density at radius 2 is 2.04 bits per heavy atom. The van der Waals surface area contributed by atoms with E-state index in [1.807, 2.05) is 0 Å². The molecule has 2 heterocycles. The summed E-state index contributed by atoms with van der Waals surface area (Å²) in [5, 5.41) is 0.456. The highest BCUT2D eigenvalue weighted by atomic mass is 35.5. The van der Waals surface area contributed by atoms with Gasteiger partial charge < -0.3 is 9.64 Å². The van der Waals surface area contributed by atoms with E-state index in [-0.39, 0.29) is 12.3 Å². The van der Waals surface area contributed by atoms with Crippen LogP contribution >= 0.6 is 11.6 Å². The minimum absolute atomic E-state index is 0.0606. The SMILES string of the molecule is [B][C@@H]1N(C(=O)Oc2ccc(Cl)cc2)C[C@H](N2CCCS2=O)CC1(F)F. The molecule has 0 aliphatic carbocycles. The standard InChI is InChI=1S/C15H16BClF2N2O3S/c16-13-15(18,19)8-11(21-6-1-7-25(21)23)9-20(13)14(22)24-12-4-2-10(17)3-5-12/h2-5,11,13H,1,6-9H2/t11-,13-,25?/m1/s1. The summed E-state index contributed by atoms with van der Waals surface area (Å²) in [6, 6.07) is 5.23. The predicted molar refractivity (Wildman–Crippen MR) is 91.4 cm³/mol. The van der Waals surface area contributed by atoms with Crippen molar-refractivity contribution in [1.29, 1.82) is 0 Å². The van der Waals surface area contributed by atoms with E-state index in [4.69, 9.17) is 24.2 Å². The zero-order chi connectivity index (χ0) is 18.2. The molecule has 5 nitrogen and oxygen atoms in total. The minimum atomic E-state index is -3.30. The molecule has 0 saturated carbocycles. The zero-order valence-electron chi connectivity index (χ0n) is 13.2. The van der Waals surface area contributed by atoms with Crippen LogP contribution in [0.3, 0.4) is 0 Å². The molecule has 0 bridgehead atoms. The first-order valence-electron chi connectivity index (χ1n) is 7.80. The summed E-state index contributed by atoms with van der Waals surface area (Å²) in [5.74, 6) is -4.46. The van der Waals surface area contributed by atoms with Gasteiger partial charge in [0.1, 0.15) is 13.6 Å². The Labute approximate surface area is 153 Å². The Balaban J connectivity index is 1.76. The van der Waals surface area contributed by atoms with E-state index in [1.165, 1.54) is 28.6 Å². The van der Waals surface area contributed by atoms with Gasteiger partial charge in [-0.15, -0.1) is 0 Å². The lowest BCUT2D eigenvalue weighted by molar-refractivity contribution is -0.0919. The zero-order valence-corrected chi connectivity index (χ0v) is 14.8. The molecular weight excluding hydrogens is 373 g/mol. The average molecular weight is 389 g/mol. The van der Waals surface area contributed by atoms with Crippen molar-refractivity contribution < 1.29 is 22.5 Å². The summed E-state index contributed by atoms with van der Waals surface area (Å²) >= 11 is 5.76. The third-order valence-electron chi connectivity index (χ3n) is 4.30.